The lowest BCUT2D eigenvalue weighted by Gasteiger charge is -2.23. The van der Waals surface area contributed by atoms with Crippen molar-refractivity contribution in [2.45, 2.75) is 31.7 Å². The molecule has 4 rings (SSSR count). The largest absolute Gasteiger partial charge is 0.344 e. The van der Waals surface area contributed by atoms with E-state index in [2.05, 4.69) is 38.2 Å². The zero-order valence-electron chi connectivity index (χ0n) is 12.7. The summed E-state index contributed by atoms with van der Waals surface area (Å²) in [6.07, 6.45) is 4.89. The van der Waals surface area contributed by atoms with Gasteiger partial charge in [0, 0.05) is 10.4 Å². The van der Waals surface area contributed by atoms with Gasteiger partial charge in [0.25, 0.3) is 5.91 Å². The Bertz CT molecular complexity index is 805. The molecule has 2 N–H and O–H groups in total. The van der Waals surface area contributed by atoms with Crippen LogP contribution < -0.4 is 5.32 Å². The van der Waals surface area contributed by atoms with Crippen LogP contribution in [-0.2, 0) is 0 Å². The molecule has 118 valence electrons. The molecule has 1 aliphatic rings. The Morgan fingerprint density at radius 1 is 1.22 bits per heavy atom. The zero-order chi connectivity index (χ0) is 15.6. The van der Waals surface area contributed by atoms with E-state index in [0.717, 1.165) is 5.52 Å². The molecule has 1 unspecified atom stereocenters. The summed E-state index contributed by atoms with van der Waals surface area (Å²) >= 11 is 1.72. The Kier molecular flexibility index (Phi) is 3.83. The SMILES string of the molecule is O=C(NC(c1cccs1)C1CCCC1)c1ccc2n[nH]nc2c1. The van der Waals surface area contributed by atoms with Gasteiger partial charge in [0.1, 0.15) is 11.0 Å². The van der Waals surface area contributed by atoms with Crippen LogP contribution in [0.25, 0.3) is 11.0 Å². The minimum absolute atomic E-state index is 0.0415. The van der Waals surface area contributed by atoms with Crippen LogP contribution >= 0.6 is 11.3 Å². The second-order valence-electron chi connectivity index (χ2n) is 6.04. The first-order valence-electron chi connectivity index (χ1n) is 7.96. The van der Waals surface area contributed by atoms with Crippen LogP contribution in [0.5, 0.6) is 0 Å². The van der Waals surface area contributed by atoms with E-state index in [4.69, 9.17) is 0 Å². The summed E-state index contributed by atoms with van der Waals surface area (Å²) in [5, 5.41) is 16.0. The molecule has 5 nitrogen and oxygen atoms in total. The highest BCUT2D eigenvalue weighted by molar-refractivity contribution is 7.10. The number of aromatic nitrogens is 3. The number of rotatable bonds is 4. The van der Waals surface area contributed by atoms with Crippen molar-refractivity contribution in [3.8, 4) is 0 Å². The molecule has 3 aromatic rings. The smallest absolute Gasteiger partial charge is 0.251 e. The molecule has 0 aliphatic heterocycles. The Morgan fingerprint density at radius 2 is 2.04 bits per heavy atom. The molecule has 0 saturated heterocycles. The second kappa shape index (κ2) is 6.12. The summed E-state index contributed by atoms with van der Waals surface area (Å²) in [4.78, 5) is 14.0. The van der Waals surface area contributed by atoms with E-state index in [0.29, 0.717) is 17.0 Å². The van der Waals surface area contributed by atoms with E-state index in [-0.39, 0.29) is 11.9 Å². The predicted molar refractivity (Wildman–Crippen MR) is 90.4 cm³/mol. The molecule has 1 saturated carbocycles. The van der Waals surface area contributed by atoms with Crippen LogP contribution in [0, 0.1) is 5.92 Å². The van der Waals surface area contributed by atoms with Crippen LogP contribution in [0.1, 0.15) is 47.0 Å². The van der Waals surface area contributed by atoms with Gasteiger partial charge in [-0.3, -0.25) is 4.79 Å². The first-order chi connectivity index (χ1) is 11.3. The van der Waals surface area contributed by atoms with E-state index in [1.807, 2.05) is 6.07 Å². The summed E-state index contributed by atoms with van der Waals surface area (Å²) in [6.45, 7) is 0. The lowest BCUT2D eigenvalue weighted by molar-refractivity contribution is 0.0923. The van der Waals surface area contributed by atoms with E-state index in [1.54, 1.807) is 23.5 Å². The topological polar surface area (TPSA) is 70.7 Å². The first-order valence-corrected chi connectivity index (χ1v) is 8.84. The molecule has 0 spiro atoms. The standard InChI is InChI=1S/C17H18N4OS/c22-17(12-7-8-13-14(10-12)20-21-19-13)18-16(11-4-1-2-5-11)15-6-3-9-23-15/h3,6-11,16H,1-2,4-5H2,(H,18,22)(H,19,20,21). The number of nitrogens with one attached hydrogen (secondary N) is 2. The maximum absolute atomic E-state index is 12.7. The molecule has 1 amide bonds. The van der Waals surface area contributed by atoms with Crippen molar-refractivity contribution in [2.24, 2.45) is 5.92 Å². The third kappa shape index (κ3) is 2.86. The summed E-state index contributed by atoms with van der Waals surface area (Å²) in [6, 6.07) is 9.69. The van der Waals surface area contributed by atoms with Gasteiger partial charge >= 0.3 is 0 Å². The van der Waals surface area contributed by atoms with Crippen LogP contribution in [0.4, 0.5) is 0 Å². The van der Waals surface area contributed by atoms with Gasteiger partial charge < -0.3 is 5.32 Å². The molecule has 0 radical (unpaired) electrons. The van der Waals surface area contributed by atoms with Crippen molar-refractivity contribution in [3.63, 3.8) is 0 Å². The fourth-order valence-electron chi connectivity index (χ4n) is 3.39. The van der Waals surface area contributed by atoms with Crippen molar-refractivity contribution in [2.75, 3.05) is 0 Å². The molecule has 2 aromatic heterocycles. The summed E-state index contributed by atoms with van der Waals surface area (Å²) < 4.78 is 0. The number of amides is 1. The maximum atomic E-state index is 12.7. The second-order valence-corrected chi connectivity index (χ2v) is 7.02. The zero-order valence-corrected chi connectivity index (χ0v) is 13.5. The average Bonchev–Trinajstić information content (AvgIpc) is 3.34. The highest BCUT2D eigenvalue weighted by Gasteiger charge is 2.28. The highest BCUT2D eigenvalue weighted by atomic mass is 32.1. The fraction of sp³-hybridized carbons (Fsp3) is 0.353. The van der Waals surface area contributed by atoms with Crippen LogP contribution in [0.3, 0.4) is 0 Å². The van der Waals surface area contributed by atoms with E-state index < -0.39 is 0 Å². The number of benzene rings is 1. The molecule has 0 bridgehead atoms. The van der Waals surface area contributed by atoms with Gasteiger partial charge in [0.05, 0.1) is 6.04 Å². The van der Waals surface area contributed by atoms with Gasteiger partial charge in [-0.25, -0.2) is 0 Å². The quantitative estimate of drug-likeness (QED) is 0.768. The van der Waals surface area contributed by atoms with Crippen molar-refractivity contribution in [3.05, 3.63) is 46.2 Å². The van der Waals surface area contributed by atoms with Crippen LogP contribution in [0.2, 0.25) is 0 Å². The van der Waals surface area contributed by atoms with E-state index in [1.165, 1.54) is 30.6 Å². The van der Waals surface area contributed by atoms with Crippen LogP contribution in [-0.4, -0.2) is 21.3 Å². The molecule has 2 heterocycles. The Balaban J connectivity index is 1.58. The van der Waals surface area contributed by atoms with Crippen LogP contribution in [0.15, 0.2) is 35.7 Å². The lowest BCUT2D eigenvalue weighted by atomic mass is 9.96. The highest BCUT2D eigenvalue weighted by Crippen LogP contribution is 2.37. The maximum Gasteiger partial charge on any atom is 0.251 e. The fourth-order valence-corrected chi connectivity index (χ4v) is 4.26. The average molecular weight is 326 g/mol. The Hall–Kier alpha value is -2.21. The molecule has 1 fully saturated rings. The summed E-state index contributed by atoms with van der Waals surface area (Å²) in [7, 11) is 0. The van der Waals surface area contributed by atoms with E-state index in [9.17, 15) is 4.79 Å². The first kappa shape index (κ1) is 14.4. The minimum Gasteiger partial charge on any atom is -0.344 e. The Labute approximate surface area is 138 Å². The molecular formula is C17H18N4OS. The Morgan fingerprint density at radius 3 is 2.83 bits per heavy atom. The number of hydrogen-bond donors (Lipinski definition) is 2. The van der Waals surface area contributed by atoms with E-state index >= 15 is 0 Å². The van der Waals surface area contributed by atoms with Gasteiger partial charge in [-0.2, -0.15) is 15.4 Å². The van der Waals surface area contributed by atoms with Gasteiger partial charge in [-0.15, -0.1) is 11.3 Å². The van der Waals surface area contributed by atoms with Crippen molar-refractivity contribution >= 4 is 28.3 Å². The summed E-state index contributed by atoms with van der Waals surface area (Å²) in [5.41, 5.74) is 2.12. The van der Waals surface area contributed by atoms with Gasteiger partial charge in [0.2, 0.25) is 0 Å². The molecule has 6 heteroatoms. The number of carbonyl (C=O) groups is 1. The molecule has 1 atom stereocenters. The normalized spacial score (nSPS) is 16.7. The van der Waals surface area contributed by atoms with Crippen molar-refractivity contribution in [1.82, 2.24) is 20.7 Å². The number of carbonyl (C=O) groups excluding carboxylic acids is 1. The predicted octanol–water partition coefficient (Wildman–Crippen LogP) is 3.68. The molecular weight excluding hydrogens is 308 g/mol. The van der Waals surface area contributed by atoms with Gasteiger partial charge in [0.15, 0.2) is 0 Å². The third-order valence-corrected chi connectivity index (χ3v) is 5.54. The van der Waals surface area contributed by atoms with Gasteiger partial charge in [-0.05, 0) is 48.4 Å². The monoisotopic (exact) mass is 326 g/mol. The molecule has 1 aliphatic carbocycles. The van der Waals surface area contributed by atoms with Crippen molar-refractivity contribution < 1.29 is 4.79 Å². The molecule has 23 heavy (non-hydrogen) atoms. The number of H-pyrrole nitrogens is 1. The summed E-state index contributed by atoms with van der Waals surface area (Å²) in [5.74, 6) is 0.494. The number of thiophene rings is 1. The third-order valence-electron chi connectivity index (χ3n) is 4.59. The number of nitrogens with zero attached hydrogens (tertiary/aromatic N) is 2. The molecule has 1 aromatic carbocycles. The number of hydrogen-bond acceptors (Lipinski definition) is 4. The number of fused-ring (bicyclic) bond motifs is 1. The number of aromatic amines is 1. The van der Waals surface area contributed by atoms with Crippen molar-refractivity contribution in [1.29, 1.82) is 0 Å². The lowest BCUT2D eigenvalue weighted by Crippen LogP contribution is -2.32. The minimum atomic E-state index is -0.0415. The van der Waals surface area contributed by atoms with Gasteiger partial charge in [-0.1, -0.05) is 18.9 Å².